The Morgan fingerprint density at radius 1 is 1.00 bits per heavy atom. The lowest BCUT2D eigenvalue weighted by atomic mass is 10.1. The van der Waals surface area contributed by atoms with Crippen molar-refractivity contribution < 1.29 is 4.42 Å². The summed E-state index contributed by atoms with van der Waals surface area (Å²) in [4.78, 5) is 16.3. The smallest absolute Gasteiger partial charge is 0.336 e. The minimum Gasteiger partial charge on any atom is -0.423 e. The Labute approximate surface area is 199 Å². The predicted molar refractivity (Wildman–Crippen MR) is 131 cm³/mol. The summed E-state index contributed by atoms with van der Waals surface area (Å²) in [5, 5.41) is 11.1. The standard InChI is InChI=1S/C25H19ClN4O2S/c1-2-16-12-22-20(14-21(16)26)18(13-23(31)32-22)15-33-25-29-28-24(17-8-10-27-11-9-17)30(25)19-6-4-3-5-7-19/h3-14H,2,15H2,1H3. The summed E-state index contributed by atoms with van der Waals surface area (Å²) < 4.78 is 7.45. The van der Waals surface area contributed by atoms with Gasteiger partial charge in [0, 0.05) is 45.9 Å². The third-order valence-electron chi connectivity index (χ3n) is 5.32. The lowest BCUT2D eigenvalue weighted by Crippen LogP contribution is -2.02. The number of para-hydroxylation sites is 1. The third kappa shape index (κ3) is 4.29. The molecule has 0 atom stereocenters. The lowest BCUT2D eigenvalue weighted by Gasteiger charge is -2.11. The highest BCUT2D eigenvalue weighted by atomic mass is 35.5. The first kappa shape index (κ1) is 21.4. The zero-order chi connectivity index (χ0) is 22.8. The van der Waals surface area contributed by atoms with E-state index >= 15 is 0 Å². The second-order valence-electron chi connectivity index (χ2n) is 7.39. The van der Waals surface area contributed by atoms with E-state index in [9.17, 15) is 4.79 Å². The van der Waals surface area contributed by atoms with Crippen molar-refractivity contribution in [3.63, 3.8) is 0 Å². The van der Waals surface area contributed by atoms with Gasteiger partial charge in [0.2, 0.25) is 0 Å². The molecule has 3 aromatic heterocycles. The summed E-state index contributed by atoms with van der Waals surface area (Å²) in [7, 11) is 0. The molecule has 33 heavy (non-hydrogen) atoms. The molecule has 0 saturated heterocycles. The normalized spacial score (nSPS) is 11.2. The molecule has 0 aliphatic carbocycles. The van der Waals surface area contributed by atoms with Gasteiger partial charge in [0.25, 0.3) is 0 Å². The molecular weight excluding hydrogens is 456 g/mol. The summed E-state index contributed by atoms with van der Waals surface area (Å²) in [5.41, 5.74) is 3.81. The van der Waals surface area contributed by atoms with Gasteiger partial charge < -0.3 is 4.42 Å². The monoisotopic (exact) mass is 474 g/mol. The molecule has 0 aliphatic heterocycles. The van der Waals surface area contributed by atoms with Crippen LogP contribution >= 0.6 is 23.4 Å². The van der Waals surface area contributed by atoms with Crippen molar-refractivity contribution in [1.82, 2.24) is 19.7 Å². The number of fused-ring (bicyclic) bond motifs is 1. The molecule has 6 nitrogen and oxygen atoms in total. The Hall–Kier alpha value is -3.42. The van der Waals surface area contributed by atoms with E-state index in [1.807, 2.05) is 66.1 Å². The van der Waals surface area contributed by atoms with Crippen LogP contribution in [0.4, 0.5) is 0 Å². The average molecular weight is 475 g/mol. The fraction of sp³-hybridized carbons (Fsp3) is 0.120. The van der Waals surface area contributed by atoms with Crippen molar-refractivity contribution >= 4 is 34.3 Å². The predicted octanol–water partition coefficient (Wildman–Crippen LogP) is 5.94. The van der Waals surface area contributed by atoms with E-state index in [1.165, 1.54) is 17.8 Å². The Kier molecular flexibility index (Phi) is 5.98. The van der Waals surface area contributed by atoms with Crippen LogP contribution in [0.5, 0.6) is 0 Å². The van der Waals surface area contributed by atoms with E-state index in [-0.39, 0.29) is 5.63 Å². The molecule has 164 valence electrons. The first-order valence-electron chi connectivity index (χ1n) is 10.4. The Bertz CT molecular complexity index is 1480. The zero-order valence-electron chi connectivity index (χ0n) is 17.7. The van der Waals surface area contributed by atoms with Crippen LogP contribution < -0.4 is 5.63 Å². The van der Waals surface area contributed by atoms with E-state index < -0.39 is 0 Å². The second-order valence-corrected chi connectivity index (χ2v) is 8.74. The van der Waals surface area contributed by atoms with Gasteiger partial charge in [-0.1, -0.05) is 48.5 Å². The van der Waals surface area contributed by atoms with Crippen LogP contribution in [0.1, 0.15) is 18.1 Å². The number of pyridine rings is 1. The van der Waals surface area contributed by atoms with Gasteiger partial charge in [0.1, 0.15) is 5.58 Å². The lowest BCUT2D eigenvalue weighted by molar-refractivity contribution is 0.559. The molecule has 0 aliphatic rings. The van der Waals surface area contributed by atoms with Crippen molar-refractivity contribution in [2.75, 3.05) is 0 Å². The molecule has 2 aromatic carbocycles. The molecule has 0 spiro atoms. The van der Waals surface area contributed by atoms with E-state index in [1.54, 1.807) is 12.4 Å². The van der Waals surface area contributed by atoms with E-state index in [2.05, 4.69) is 15.2 Å². The molecular formula is C25H19ClN4O2S. The molecule has 0 bridgehead atoms. The summed E-state index contributed by atoms with van der Waals surface area (Å²) in [6, 6.07) is 19.0. The molecule has 8 heteroatoms. The minimum absolute atomic E-state index is 0.385. The highest BCUT2D eigenvalue weighted by Crippen LogP contribution is 2.32. The summed E-state index contributed by atoms with van der Waals surface area (Å²) in [6.45, 7) is 2.02. The summed E-state index contributed by atoms with van der Waals surface area (Å²) in [5.74, 6) is 1.23. The van der Waals surface area contributed by atoms with E-state index in [0.29, 0.717) is 21.5 Å². The van der Waals surface area contributed by atoms with E-state index in [4.69, 9.17) is 16.0 Å². The number of nitrogens with zero attached hydrogens (tertiary/aromatic N) is 4. The number of hydrogen-bond acceptors (Lipinski definition) is 6. The van der Waals surface area contributed by atoms with Crippen molar-refractivity contribution in [3.8, 4) is 17.1 Å². The fourth-order valence-electron chi connectivity index (χ4n) is 3.68. The van der Waals surface area contributed by atoms with Gasteiger partial charge in [-0.15, -0.1) is 10.2 Å². The van der Waals surface area contributed by atoms with Gasteiger partial charge in [-0.25, -0.2) is 4.79 Å². The minimum atomic E-state index is -0.385. The molecule has 0 fully saturated rings. The highest BCUT2D eigenvalue weighted by Gasteiger charge is 2.17. The van der Waals surface area contributed by atoms with Crippen LogP contribution in [0.3, 0.4) is 0 Å². The van der Waals surface area contributed by atoms with Crippen LogP contribution in [0.2, 0.25) is 5.02 Å². The molecule has 5 aromatic rings. The molecule has 0 amide bonds. The Balaban J connectivity index is 1.56. The maximum Gasteiger partial charge on any atom is 0.336 e. The maximum absolute atomic E-state index is 12.2. The summed E-state index contributed by atoms with van der Waals surface area (Å²) >= 11 is 7.95. The van der Waals surface area contributed by atoms with Gasteiger partial charge in [-0.3, -0.25) is 9.55 Å². The van der Waals surface area contributed by atoms with Crippen LogP contribution in [-0.4, -0.2) is 19.7 Å². The Morgan fingerprint density at radius 2 is 1.79 bits per heavy atom. The van der Waals surface area contributed by atoms with Crippen molar-refractivity contribution in [3.05, 3.63) is 99.6 Å². The van der Waals surface area contributed by atoms with Gasteiger partial charge >= 0.3 is 5.63 Å². The third-order valence-corrected chi connectivity index (χ3v) is 6.65. The number of benzene rings is 2. The number of aryl methyl sites for hydroxylation is 1. The second kappa shape index (κ2) is 9.21. The number of thioether (sulfide) groups is 1. The van der Waals surface area contributed by atoms with Crippen molar-refractivity contribution in [2.24, 2.45) is 0 Å². The summed E-state index contributed by atoms with van der Waals surface area (Å²) in [6.07, 6.45) is 4.22. The zero-order valence-corrected chi connectivity index (χ0v) is 19.3. The molecule has 0 radical (unpaired) electrons. The van der Waals surface area contributed by atoms with Gasteiger partial charge in [0.05, 0.1) is 0 Å². The fourth-order valence-corrected chi connectivity index (χ4v) is 4.92. The molecule has 3 heterocycles. The van der Waals surface area contributed by atoms with Crippen molar-refractivity contribution in [1.29, 1.82) is 0 Å². The largest absolute Gasteiger partial charge is 0.423 e. The number of aromatic nitrogens is 4. The topological polar surface area (TPSA) is 73.8 Å². The first-order valence-corrected chi connectivity index (χ1v) is 11.8. The maximum atomic E-state index is 12.2. The van der Waals surface area contributed by atoms with Crippen LogP contribution in [0, 0.1) is 0 Å². The Morgan fingerprint density at radius 3 is 2.55 bits per heavy atom. The first-order chi connectivity index (χ1) is 16.1. The number of hydrogen-bond donors (Lipinski definition) is 0. The van der Waals surface area contributed by atoms with E-state index in [0.717, 1.165) is 40.0 Å². The average Bonchev–Trinajstić information content (AvgIpc) is 3.27. The highest BCUT2D eigenvalue weighted by molar-refractivity contribution is 7.98. The van der Waals surface area contributed by atoms with Crippen LogP contribution in [-0.2, 0) is 12.2 Å². The molecule has 5 rings (SSSR count). The SMILES string of the molecule is CCc1cc2oc(=O)cc(CSc3nnc(-c4ccncc4)n3-c3ccccc3)c2cc1Cl. The van der Waals surface area contributed by atoms with Crippen LogP contribution in [0.15, 0.2) is 87.4 Å². The van der Waals surface area contributed by atoms with Crippen LogP contribution in [0.25, 0.3) is 28.0 Å². The van der Waals surface area contributed by atoms with Gasteiger partial charge in [-0.05, 0) is 53.9 Å². The van der Waals surface area contributed by atoms with Crippen molar-refractivity contribution in [2.45, 2.75) is 24.3 Å². The quantitative estimate of drug-likeness (QED) is 0.224. The number of halogens is 1. The molecule has 0 saturated carbocycles. The van der Waals surface area contributed by atoms with Gasteiger partial charge in [-0.2, -0.15) is 0 Å². The number of rotatable bonds is 6. The molecule has 0 unspecified atom stereocenters. The van der Waals surface area contributed by atoms with Gasteiger partial charge in [0.15, 0.2) is 11.0 Å². The molecule has 0 N–H and O–H groups in total.